The normalized spacial score (nSPS) is 15.1. The number of carbonyl (C=O) groups excluding carboxylic acids is 1. The Morgan fingerprint density at radius 2 is 1.82 bits per heavy atom. The minimum absolute atomic E-state index is 0.0765. The van der Waals surface area contributed by atoms with Crippen molar-refractivity contribution in [2.75, 3.05) is 7.05 Å². The zero-order valence-electron chi connectivity index (χ0n) is 23.1. The van der Waals surface area contributed by atoms with Gasteiger partial charge in [0.25, 0.3) is 5.78 Å². The smallest absolute Gasteiger partial charge is 0.271 e. The second-order valence-corrected chi connectivity index (χ2v) is 11.5. The molecule has 202 valence electrons. The van der Waals surface area contributed by atoms with Crippen LogP contribution in [-0.4, -0.2) is 48.8 Å². The molecule has 0 bridgehead atoms. The number of carbonyl (C=O) groups is 1. The third-order valence-electron chi connectivity index (χ3n) is 7.69. The van der Waals surface area contributed by atoms with Gasteiger partial charge in [-0.3, -0.25) is 9.78 Å². The number of amides is 1. The van der Waals surface area contributed by atoms with Crippen LogP contribution in [0.25, 0.3) is 33.6 Å². The van der Waals surface area contributed by atoms with Crippen molar-refractivity contribution in [1.82, 2.24) is 40.4 Å². The fraction of sp³-hybridized carbons (Fsp3) is 0.290. The largest absolute Gasteiger partial charge is 0.373 e. The molecule has 9 heteroatoms. The number of aromatic nitrogens is 6. The van der Waals surface area contributed by atoms with Gasteiger partial charge >= 0.3 is 0 Å². The predicted octanol–water partition coefficient (Wildman–Crippen LogP) is 4.54. The molecule has 1 aliphatic carbocycles. The maximum Gasteiger partial charge on any atom is 0.271 e. The van der Waals surface area contributed by atoms with E-state index in [0.717, 1.165) is 46.4 Å². The van der Waals surface area contributed by atoms with Gasteiger partial charge < -0.3 is 10.6 Å². The van der Waals surface area contributed by atoms with E-state index < -0.39 is 6.04 Å². The number of nitrogens with zero attached hydrogens (tertiary/aromatic N) is 6. The summed E-state index contributed by atoms with van der Waals surface area (Å²) < 4.78 is 1.78. The van der Waals surface area contributed by atoms with Crippen LogP contribution in [0.15, 0.2) is 73.6 Å². The number of likely N-dealkylation sites (N-methyl/N-ethyl adjacent to an activating group) is 1. The van der Waals surface area contributed by atoms with Crippen molar-refractivity contribution in [3.05, 3.63) is 90.5 Å². The fourth-order valence-electron chi connectivity index (χ4n) is 5.19. The first-order valence-corrected chi connectivity index (χ1v) is 13.4. The lowest BCUT2D eigenvalue weighted by molar-refractivity contribution is -0.124. The van der Waals surface area contributed by atoms with Gasteiger partial charge in [0, 0.05) is 29.9 Å². The summed E-state index contributed by atoms with van der Waals surface area (Å²) in [6, 6.07) is 17.9. The van der Waals surface area contributed by atoms with Crippen molar-refractivity contribution in [1.29, 1.82) is 0 Å². The van der Waals surface area contributed by atoms with E-state index in [-0.39, 0.29) is 16.7 Å². The Labute approximate surface area is 232 Å². The minimum atomic E-state index is -0.418. The second kappa shape index (κ2) is 9.51. The number of nitrogens with one attached hydrogen (secondary N) is 2. The lowest BCUT2D eigenvalue weighted by Crippen LogP contribution is -2.49. The highest BCUT2D eigenvalue weighted by Gasteiger charge is 2.50. The fourth-order valence-corrected chi connectivity index (χ4v) is 5.19. The zero-order chi connectivity index (χ0) is 28.1. The van der Waals surface area contributed by atoms with E-state index in [4.69, 9.17) is 5.10 Å². The van der Waals surface area contributed by atoms with E-state index >= 15 is 0 Å². The maximum absolute atomic E-state index is 12.5. The van der Waals surface area contributed by atoms with E-state index in [1.165, 1.54) is 5.56 Å². The molecule has 1 aliphatic rings. The summed E-state index contributed by atoms with van der Waals surface area (Å²) in [5, 5.41) is 20.9. The summed E-state index contributed by atoms with van der Waals surface area (Å²) in [4.78, 5) is 21.5. The van der Waals surface area contributed by atoms with Crippen LogP contribution in [0.3, 0.4) is 0 Å². The molecule has 2 N–H and O–H groups in total. The number of rotatable bonds is 7. The van der Waals surface area contributed by atoms with Crippen molar-refractivity contribution < 1.29 is 4.79 Å². The molecule has 0 unspecified atom stereocenters. The van der Waals surface area contributed by atoms with Gasteiger partial charge in [0.1, 0.15) is 11.7 Å². The van der Waals surface area contributed by atoms with Crippen LogP contribution < -0.4 is 10.6 Å². The van der Waals surface area contributed by atoms with Crippen LogP contribution >= 0.6 is 0 Å². The predicted molar refractivity (Wildman–Crippen MR) is 155 cm³/mol. The summed E-state index contributed by atoms with van der Waals surface area (Å²) in [6.45, 7) is 10.2. The monoisotopic (exact) mass is 532 g/mol. The minimum Gasteiger partial charge on any atom is -0.373 e. The number of fused-ring (bicyclic) bond motifs is 2. The molecular formula is C31H32N8O. The van der Waals surface area contributed by atoms with E-state index in [0.29, 0.717) is 11.5 Å². The van der Waals surface area contributed by atoms with Gasteiger partial charge in [0.15, 0.2) is 5.82 Å². The summed E-state index contributed by atoms with van der Waals surface area (Å²) in [5.74, 6) is 1.20. The topological polar surface area (TPSA) is 110 Å². The van der Waals surface area contributed by atoms with Crippen LogP contribution in [0, 0.1) is 5.41 Å². The van der Waals surface area contributed by atoms with E-state index in [2.05, 4.69) is 61.6 Å². The average molecular weight is 533 g/mol. The first kappa shape index (κ1) is 25.6. The molecule has 1 fully saturated rings. The van der Waals surface area contributed by atoms with Crippen LogP contribution in [0.4, 0.5) is 0 Å². The van der Waals surface area contributed by atoms with Gasteiger partial charge in [-0.05, 0) is 47.6 Å². The molecule has 1 atom stereocenters. The maximum atomic E-state index is 12.5. The molecule has 3 heterocycles. The van der Waals surface area contributed by atoms with Crippen LogP contribution in [0.1, 0.15) is 50.6 Å². The molecule has 0 spiro atoms. The summed E-state index contributed by atoms with van der Waals surface area (Å²) in [6.07, 6.45) is 5.48. The van der Waals surface area contributed by atoms with Gasteiger partial charge in [-0.25, -0.2) is 4.98 Å². The van der Waals surface area contributed by atoms with Gasteiger partial charge in [0.2, 0.25) is 5.91 Å². The molecular weight excluding hydrogens is 500 g/mol. The number of pyridine rings is 1. The Morgan fingerprint density at radius 3 is 2.52 bits per heavy atom. The summed E-state index contributed by atoms with van der Waals surface area (Å²) >= 11 is 0. The quantitative estimate of drug-likeness (QED) is 0.317. The molecule has 2 aromatic carbocycles. The van der Waals surface area contributed by atoms with E-state index in [1.807, 2.05) is 57.3 Å². The van der Waals surface area contributed by atoms with Gasteiger partial charge in [-0.15, -0.1) is 10.2 Å². The van der Waals surface area contributed by atoms with E-state index in [9.17, 15) is 4.79 Å². The third kappa shape index (κ3) is 4.47. The van der Waals surface area contributed by atoms with E-state index in [1.54, 1.807) is 17.8 Å². The van der Waals surface area contributed by atoms with Crippen LogP contribution in [0.2, 0.25) is 0 Å². The van der Waals surface area contributed by atoms with Crippen molar-refractivity contribution >= 4 is 28.3 Å². The SMILES string of the molecule is C=C(N[C@H](C(=O)NC)C(C)(C)C)c1ccc(-c2cnc3nnc(C4(c5ccc6ncccc6c5)CC4)n3n2)cc1. The van der Waals surface area contributed by atoms with Crippen LogP contribution in [0.5, 0.6) is 0 Å². The Kier molecular flexibility index (Phi) is 6.09. The van der Waals surface area contributed by atoms with Gasteiger partial charge in [-0.2, -0.15) is 9.61 Å². The Bertz CT molecular complexity index is 1750. The first-order chi connectivity index (χ1) is 19.2. The van der Waals surface area contributed by atoms with Crippen molar-refractivity contribution in [2.45, 2.75) is 45.1 Å². The molecule has 0 radical (unpaired) electrons. The second-order valence-electron chi connectivity index (χ2n) is 11.5. The zero-order valence-corrected chi connectivity index (χ0v) is 23.1. The molecule has 9 nitrogen and oxygen atoms in total. The Balaban J connectivity index is 1.29. The van der Waals surface area contributed by atoms with Gasteiger partial charge in [0.05, 0.1) is 17.1 Å². The standard InChI is InChI=1S/C31H32N8O/c1-19(35-26(27(40)32-5)30(2,3)4)20-8-10-21(11-9-20)25-18-34-29-37-36-28(39(29)38-25)31(14-15-31)23-12-13-24-22(17-23)7-6-16-33-24/h6-13,16-18,26,35H,1,14-15H2,2-5H3,(H,32,40)/t26-/m1/s1. The number of benzene rings is 2. The third-order valence-corrected chi connectivity index (χ3v) is 7.69. The summed E-state index contributed by atoms with van der Waals surface area (Å²) in [7, 11) is 1.64. The molecule has 0 saturated heterocycles. The van der Waals surface area contributed by atoms with Crippen molar-refractivity contribution in [3.63, 3.8) is 0 Å². The van der Waals surface area contributed by atoms with Crippen LogP contribution in [-0.2, 0) is 10.2 Å². The first-order valence-electron chi connectivity index (χ1n) is 13.4. The highest BCUT2D eigenvalue weighted by atomic mass is 16.2. The molecule has 1 amide bonds. The van der Waals surface area contributed by atoms with Crippen molar-refractivity contribution in [3.8, 4) is 11.3 Å². The van der Waals surface area contributed by atoms with Crippen molar-refractivity contribution in [2.24, 2.45) is 5.41 Å². The summed E-state index contributed by atoms with van der Waals surface area (Å²) in [5.41, 5.74) is 4.84. The molecule has 5 aromatic rings. The number of hydrogen-bond donors (Lipinski definition) is 2. The molecule has 0 aliphatic heterocycles. The molecule has 3 aromatic heterocycles. The lowest BCUT2D eigenvalue weighted by atomic mass is 9.85. The van der Waals surface area contributed by atoms with Gasteiger partial charge in [-0.1, -0.05) is 63.7 Å². The molecule has 1 saturated carbocycles. The average Bonchev–Trinajstić information content (AvgIpc) is 3.66. The Morgan fingerprint density at radius 1 is 1.05 bits per heavy atom. The number of hydrogen-bond acceptors (Lipinski definition) is 7. The highest BCUT2D eigenvalue weighted by Crippen LogP contribution is 2.53. The lowest BCUT2D eigenvalue weighted by Gasteiger charge is -2.31. The highest BCUT2D eigenvalue weighted by molar-refractivity contribution is 5.84. The Hall–Kier alpha value is -4.66. The molecule has 40 heavy (non-hydrogen) atoms. The molecule has 6 rings (SSSR count).